The van der Waals surface area contributed by atoms with E-state index in [1.54, 1.807) is 0 Å². The Morgan fingerprint density at radius 2 is 1.57 bits per heavy atom. The predicted molar refractivity (Wildman–Crippen MR) is 20.2 cm³/mol. The maximum absolute atomic E-state index is 9.92. The van der Waals surface area contributed by atoms with Gasteiger partial charge in [-0.05, 0) is 0 Å². The van der Waals surface area contributed by atoms with E-state index in [-0.39, 0.29) is 0 Å². The second-order valence-electron chi connectivity index (χ2n) is 0.873. The SMILES string of the molecule is O=S1(=O)OC=CO1. The summed E-state index contributed by atoms with van der Waals surface area (Å²) >= 11 is 0. The minimum atomic E-state index is -3.66. The van der Waals surface area contributed by atoms with Gasteiger partial charge in [-0.15, -0.1) is 8.42 Å². The Hall–Kier alpha value is -0.710. The average Bonchev–Trinajstić information content (AvgIpc) is 1.84. The molecule has 0 N–H and O–H groups in total. The topological polar surface area (TPSA) is 52.6 Å². The summed E-state index contributed by atoms with van der Waals surface area (Å²) in [5.74, 6) is 0. The first-order chi connectivity index (χ1) is 3.21. The summed E-state index contributed by atoms with van der Waals surface area (Å²) in [6.07, 6.45) is 1.91. The third-order valence-electron chi connectivity index (χ3n) is 0.402. The molecular weight excluding hydrogens is 120 g/mol. The highest BCUT2D eigenvalue weighted by Crippen LogP contribution is 2.03. The third-order valence-corrected chi connectivity index (χ3v) is 1.10. The van der Waals surface area contributed by atoms with Gasteiger partial charge in [0.25, 0.3) is 0 Å². The number of rotatable bonds is 0. The number of hydrogen-bond acceptors (Lipinski definition) is 4. The fraction of sp³-hybridized carbons (Fsp3) is 0. The van der Waals surface area contributed by atoms with Crippen LogP contribution in [0.5, 0.6) is 0 Å². The first-order valence-electron chi connectivity index (χ1n) is 1.47. The van der Waals surface area contributed by atoms with Gasteiger partial charge in [0.2, 0.25) is 0 Å². The van der Waals surface area contributed by atoms with Crippen LogP contribution >= 0.6 is 0 Å². The Labute approximate surface area is 40.7 Å². The maximum Gasteiger partial charge on any atom is 0.500 e. The van der Waals surface area contributed by atoms with E-state index >= 15 is 0 Å². The van der Waals surface area contributed by atoms with Crippen molar-refractivity contribution < 1.29 is 16.8 Å². The largest absolute Gasteiger partial charge is 0.500 e. The van der Waals surface area contributed by atoms with Gasteiger partial charge in [0, 0.05) is 0 Å². The molecule has 0 aliphatic carbocycles. The summed E-state index contributed by atoms with van der Waals surface area (Å²) in [5.41, 5.74) is 0. The van der Waals surface area contributed by atoms with Gasteiger partial charge in [0.15, 0.2) is 0 Å². The van der Waals surface area contributed by atoms with Crippen LogP contribution in [0.2, 0.25) is 0 Å². The molecule has 0 radical (unpaired) electrons. The molecule has 0 atom stereocenters. The Balaban J connectivity index is 2.88. The van der Waals surface area contributed by atoms with E-state index in [1.807, 2.05) is 0 Å². The quantitative estimate of drug-likeness (QED) is 0.444. The lowest BCUT2D eigenvalue weighted by Gasteiger charge is -1.85. The predicted octanol–water partition coefficient (Wildman–Crippen LogP) is -0.251. The van der Waals surface area contributed by atoms with Crippen LogP contribution in [0.3, 0.4) is 0 Å². The highest BCUT2D eigenvalue weighted by Gasteiger charge is 2.13. The van der Waals surface area contributed by atoms with Crippen molar-refractivity contribution in [3.8, 4) is 0 Å². The molecule has 0 aromatic heterocycles. The third kappa shape index (κ3) is 0.833. The zero-order chi connectivity index (χ0) is 5.33. The lowest BCUT2D eigenvalue weighted by molar-refractivity contribution is 0.380. The minimum absolute atomic E-state index is 0.954. The summed E-state index contributed by atoms with van der Waals surface area (Å²) in [6, 6.07) is 0. The van der Waals surface area contributed by atoms with Crippen molar-refractivity contribution in [1.29, 1.82) is 0 Å². The highest BCUT2D eigenvalue weighted by atomic mass is 32.3. The second-order valence-corrected chi connectivity index (χ2v) is 2.07. The van der Waals surface area contributed by atoms with Crippen molar-refractivity contribution in [3.63, 3.8) is 0 Å². The lowest BCUT2D eigenvalue weighted by Crippen LogP contribution is -1.94. The lowest BCUT2D eigenvalue weighted by atomic mass is 11.1. The zero-order valence-corrected chi connectivity index (χ0v) is 4.01. The summed E-state index contributed by atoms with van der Waals surface area (Å²) in [4.78, 5) is 0. The summed E-state index contributed by atoms with van der Waals surface area (Å²) in [6.45, 7) is 0. The van der Waals surface area contributed by atoms with E-state index in [4.69, 9.17) is 0 Å². The molecule has 1 aliphatic rings. The summed E-state index contributed by atoms with van der Waals surface area (Å²) < 4.78 is 27.7. The van der Waals surface area contributed by atoms with Gasteiger partial charge in [-0.2, -0.15) is 0 Å². The molecule has 0 amide bonds. The van der Waals surface area contributed by atoms with Gasteiger partial charge in [0.05, 0.1) is 0 Å². The fourth-order valence-electron chi connectivity index (χ4n) is 0.204. The van der Waals surface area contributed by atoms with E-state index in [0.29, 0.717) is 0 Å². The molecule has 0 aromatic carbocycles. The van der Waals surface area contributed by atoms with Crippen molar-refractivity contribution in [2.45, 2.75) is 0 Å². The Morgan fingerprint density at radius 3 is 1.71 bits per heavy atom. The van der Waals surface area contributed by atoms with Crippen molar-refractivity contribution in [2.75, 3.05) is 0 Å². The van der Waals surface area contributed by atoms with E-state index in [1.165, 1.54) is 0 Å². The van der Waals surface area contributed by atoms with Gasteiger partial charge >= 0.3 is 10.4 Å². The molecule has 0 bridgehead atoms. The van der Waals surface area contributed by atoms with Crippen LogP contribution in [0, 0.1) is 0 Å². The molecule has 4 nitrogen and oxygen atoms in total. The van der Waals surface area contributed by atoms with E-state index < -0.39 is 10.4 Å². The second kappa shape index (κ2) is 1.13. The highest BCUT2D eigenvalue weighted by molar-refractivity contribution is 7.82. The van der Waals surface area contributed by atoms with Crippen molar-refractivity contribution >= 4 is 10.4 Å². The van der Waals surface area contributed by atoms with Crippen LogP contribution in [0.15, 0.2) is 12.5 Å². The minimum Gasteiger partial charge on any atom is -0.357 e. The molecule has 7 heavy (non-hydrogen) atoms. The molecule has 1 aliphatic heterocycles. The van der Waals surface area contributed by atoms with Crippen LogP contribution in [-0.4, -0.2) is 8.42 Å². The standard InChI is InChI=1S/C2H2O4S/c3-7(4)5-1-2-6-7/h1-2H. The van der Waals surface area contributed by atoms with Crippen molar-refractivity contribution in [3.05, 3.63) is 12.5 Å². The van der Waals surface area contributed by atoms with Crippen LogP contribution in [-0.2, 0) is 18.8 Å². The van der Waals surface area contributed by atoms with E-state index in [2.05, 4.69) is 8.37 Å². The van der Waals surface area contributed by atoms with Gasteiger partial charge in [0.1, 0.15) is 12.5 Å². The van der Waals surface area contributed by atoms with Gasteiger partial charge in [-0.3, -0.25) is 0 Å². The molecule has 0 fully saturated rings. The van der Waals surface area contributed by atoms with Crippen molar-refractivity contribution in [2.24, 2.45) is 0 Å². The van der Waals surface area contributed by atoms with Crippen molar-refractivity contribution in [1.82, 2.24) is 0 Å². The molecule has 5 heteroatoms. The molecule has 0 spiro atoms. The van der Waals surface area contributed by atoms with E-state index in [9.17, 15) is 8.42 Å². The average molecular weight is 122 g/mol. The summed E-state index contributed by atoms with van der Waals surface area (Å²) in [5, 5.41) is 0. The Kier molecular flexibility index (Phi) is 0.717. The van der Waals surface area contributed by atoms with E-state index in [0.717, 1.165) is 12.5 Å². The first kappa shape index (κ1) is 4.45. The molecule has 0 saturated heterocycles. The van der Waals surface area contributed by atoms with Gasteiger partial charge < -0.3 is 8.37 Å². The monoisotopic (exact) mass is 122 g/mol. The fourth-order valence-corrected chi connectivity index (χ4v) is 0.612. The Morgan fingerprint density at radius 1 is 1.14 bits per heavy atom. The van der Waals surface area contributed by atoms with Crippen LogP contribution in [0.1, 0.15) is 0 Å². The van der Waals surface area contributed by atoms with Gasteiger partial charge in [-0.1, -0.05) is 0 Å². The Bertz CT molecular complexity index is 162. The molecule has 0 aromatic rings. The van der Waals surface area contributed by atoms with Crippen LogP contribution in [0.4, 0.5) is 0 Å². The summed E-state index contributed by atoms with van der Waals surface area (Å²) in [7, 11) is -3.66. The first-order valence-corrected chi connectivity index (χ1v) is 2.80. The molecule has 1 heterocycles. The molecule has 0 unspecified atom stereocenters. The molecule has 1 rings (SSSR count). The van der Waals surface area contributed by atoms with Crippen LogP contribution < -0.4 is 0 Å². The smallest absolute Gasteiger partial charge is 0.357 e. The zero-order valence-electron chi connectivity index (χ0n) is 3.20. The number of hydrogen-bond donors (Lipinski definition) is 0. The molecule has 40 valence electrons. The van der Waals surface area contributed by atoms with Crippen LogP contribution in [0.25, 0.3) is 0 Å². The maximum atomic E-state index is 9.92. The van der Waals surface area contributed by atoms with Gasteiger partial charge in [-0.25, -0.2) is 0 Å². The normalized spacial score (nSPS) is 23.4. The molecule has 0 saturated carbocycles. The molecular formula is C2H2O4S.